The van der Waals surface area contributed by atoms with E-state index in [0.29, 0.717) is 6.42 Å². The van der Waals surface area contributed by atoms with Gasteiger partial charge in [0.25, 0.3) is 0 Å². The predicted octanol–water partition coefficient (Wildman–Crippen LogP) is 3.60. The molecule has 2 aromatic rings. The molecule has 0 saturated carbocycles. The summed E-state index contributed by atoms with van der Waals surface area (Å²) in [5.74, 6) is -1.55. The van der Waals surface area contributed by atoms with Crippen molar-refractivity contribution in [2.75, 3.05) is 5.32 Å². The molecule has 0 radical (unpaired) electrons. The highest BCUT2D eigenvalue weighted by Gasteiger charge is 2.08. The fraction of sp³-hybridized carbons (Fsp3) is 0.154. The largest absolute Gasteiger partial charge is 0.324 e. The molecule has 18 heavy (non-hydrogen) atoms. The Labute approximate surface area is 107 Å². The van der Waals surface area contributed by atoms with Gasteiger partial charge < -0.3 is 5.32 Å². The van der Waals surface area contributed by atoms with Gasteiger partial charge in [0.05, 0.1) is 5.69 Å². The lowest BCUT2D eigenvalue weighted by molar-refractivity contribution is -0.116. The third kappa shape index (κ3) is 3.37. The highest BCUT2D eigenvalue weighted by Crippen LogP contribution is 2.16. The Morgan fingerprint density at radius 1 is 1.28 bits per heavy atom. The zero-order valence-corrected chi connectivity index (χ0v) is 10.3. The van der Waals surface area contributed by atoms with Crippen LogP contribution in [0.5, 0.6) is 0 Å². The molecule has 1 aromatic heterocycles. The van der Waals surface area contributed by atoms with Gasteiger partial charge in [-0.25, -0.2) is 8.78 Å². The molecule has 0 bridgehead atoms. The molecule has 2 rings (SSSR count). The van der Waals surface area contributed by atoms with Crippen LogP contribution in [0, 0.1) is 11.6 Å². The van der Waals surface area contributed by atoms with Crippen molar-refractivity contribution in [1.29, 1.82) is 0 Å². The molecule has 2 nitrogen and oxygen atoms in total. The summed E-state index contributed by atoms with van der Waals surface area (Å²) in [5, 5.41) is 6.25. The first-order chi connectivity index (χ1) is 8.65. The number of nitrogens with one attached hydrogen (secondary N) is 1. The molecule has 0 aliphatic heterocycles. The van der Waals surface area contributed by atoms with Crippen LogP contribution in [0.3, 0.4) is 0 Å². The smallest absolute Gasteiger partial charge is 0.224 e. The molecule has 0 spiro atoms. The number of hydrogen-bond donors (Lipinski definition) is 1. The zero-order chi connectivity index (χ0) is 13.0. The monoisotopic (exact) mass is 267 g/mol. The maximum Gasteiger partial charge on any atom is 0.224 e. The Hall–Kier alpha value is -1.75. The molecule has 1 amide bonds. The zero-order valence-electron chi connectivity index (χ0n) is 9.45. The number of carbonyl (C=O) groups excluding carboxylic acids is 1. The van der Waals surface area contributed by atoms with Crippen LogP contribution in [0.2, 0.25) is 0 Å². The van der Waals surface area contributed by atoms with Crippen LogP contribution in [-0.4, -0.2) is 5.91 Å². The van der Waals surface area contributed by atoms with E-state index >= 15 is 0 Å². The van der Waals surface area contributed by atoms with Crippen molar-refractivity contribution in [3.05, 3.63) is 52.2 Å². The molecular formula is C13H11F2NOS. The minimum atomic E-state index is -0.639. The molecule has 0 saturated heterocycles. The van der Waals surface area contributed by atoms with Crippen LogP contribution >= 0.6 is 11.3 Å². The van der Waals surface area contributed by atoms with Crippen molar-refractivity contribution < 1.29 is 13.6 Å². The van der Waals surface area contributed by atoms with E-state index in [0.717, 1.165) is 23.8 Å². The van der Waals surface area contributed by atoms with E-state index in [1.165, 1.54) is 0 Å². The first kappa shape index (κ1) is 12.7. The van der Waals surface area contributed by atoms with Crippen LogP contribution in [0.4, 0.5) is 14.5 Å². The number of thiophene rings is 1. The molecular weight excluding hydrogens is 256 g/mol. The van der Waals surface area contributed by atoms with Gasteiger partial charge in [-0.2, -0.15) is 11.3 Å². The summed E-state index contributed by atoms with van der Waals surface area (Å²) in [4.78, 5) is 11.6. The minimum absolute atomic E-state index is 0.120. The van der Waals surface area contributed by atoms with Crippen molar-refractivity contribution in [3.63, 3.8) is 0 Å². The summed E-state index contributed by atoms with van der Waals surface area (Å²) in [6.45, 7) is 0. The standard InChI is InChI=1S/C13H11F2NOS/c14-10-2-3-11(15)12(7-10)16-13(17)4-1-9-5-6-18-8-9/h2-3,5-8H,1,4H2,(H,16,17). The number of hydrogen-bond acceptors (Lipinski definition) is 2. The predicted molar refractivity (Wildman–Crippen MR) is 67.6 cm³/mol. The number of aryl methyl sites for hydroxylation is 1. The van der Waals surface area contributed by atoms with E-state index in [9.17, 15) is 13.6 Å². The van der Waals surface area contributed by atoms with E-state index in [-0.39, 0.29) is 18.0 Å². The summed E-state index contributed by atoms with van der Waals surface area (Å²) >= 11 is 1.56. The molecule has 0 aliphatic carbocycles. The third-order valence-corrected chi connectivity index (χ3v) is 3.16. The molecule has 0 unspecified atom stereocenters. The maximum atomic E-state index is 13.3. The van der Waals surface area contributed by atoms with Crippen molar-refractivity contribution in [2.24, 2.45) is 0 Å². The lowest BCUT2D eigenvalue weighted by atomic mass is 10.2. The van der Waals surface area contributed by atoms with E-state index in [4.69, 9.17) is 0 Å². The first-order valence-corrected chi connectivity index (χ1v) is 6.35. The molecule has 1 heterocycles. The second-order valence-corrected chi connectivity index (χ2v) is 4.58. The normalized spacial score (nSPS) is 10.3. The minimum Gasteiger partial charge on any atom is -0.324 e. The Morgan fingerprint density at radius 3 is 2.83 bits per heavy atom. The fourth-order valence-electron chi connectivity index (χ4n) is 1.50. The van der Waals surface area contributed by atoms with Gasteiger partial charge >= 0.3 is 0 Å². The number of anilines is 1. The van der Waals surface area contributed by atoms with Gasteiger partial charge in [-0.1, -0.05) is 0 Å². The number of amides is 1. The number of carbonyl (C=O) groups is 1. The molecule has 0 fully saturated rings. The van der Waals surface area contributed by atoms with Crippen LogP contribution in [0.1, 0.15) is 12.0 Å². The van der Waals surface area contributed by atoms with Crippen LogP contribution in [0.15, 0.2) is 35.0 Å². The average Bonchev–Trinajstić information content (AvgIpc) is 2.84. The van der Waals surface area contributed by atoms with Gasteiger partial charge in [0.1, 0.15) is 11.6 Å². The highest BCUT2D eigenvalue weighted by atomic mass is 32.1. The molecule has 5 heteroatoms. The third-order valence-electron chi connectivity index (χ3n) is 2.42. The lowest BCUT2D eigenvalue weighted by Gasteiger charge is -2.06. The molecule has 94 valence electrons. The first-order valence-electron chi connectivity index (χ1n) is 5.41. The maximum absolute atomic E-state index is 13.3. The van der Waals surface area contributed by atoms with Crippen molar-refractivity contribution in [1.82, 2.24) is 0 Å². The second-order valence-electron chi connectivity index (χ2n) is 3.80. The van der Waals surface area contributed by atoms with Crippen LogP contribution in [-0.2, 0) is 11.2 Å². The highest BCUT2D eigenvalue weighted by molar-refractivity contribution is 7.07. The van der Waals surface area contributed by atoms with Gasteiger partial charge in [0, 0.05) is 12.5 Å². The fourth-order valence-corrected chi connectivity index (χ4v) is 2.20. The quantitative estimate of drug-likeness (QED) is 0.901. The molecule has 0 atom stereocenters. The second kappa shape index (κ2) is 5.73. The topological polar surface area (TPSA) is 29.1 Å². The summed E-state index contributed by atoms with van der Waals surface area (Å²) in [7, 11) is 0. The van der Waals surface area contributed by atoms with Gasteiger partial charge in [-0.3, -0.25) is 4.79 Å². The van der Waals surface area contributed by atoms with E-state index in [2.05, 4.69) is 5.32 Å². The Balaban J connectivity index is 1.92. The van der Waals surface area contributed by atoms with Crippen molar-refractivity contribution in [3.8, 4) is 0 Å². The Kier molecular flexibility index (Phi) is 4.04. The van der Waals surface area contributed by atoms with E-state index in [1.54, 1.807) is 11.3 Å². The number of rotatable bonds is 4. The lowest BCUT2D eigenvalue weighted by Crippen LogP contribution is -2.13. The van der Waals surface area contributed by atoms with Crippen molar-refractivity contribution >= 4 is 22.9 Å². The average molecular weight is 267 g/mol. The number of benzene rings is 1. The van der Waals surface area contributed by atoms with E-state index < -0.39 is 11.6 Å². The SMILES string of the molecule is O=C(CCc1ccsc1)Nc1cc(F)ccc1F. The summed E-state index contributed by atoms with van der Waals surface area (Å²) in [6.07, 6.45) is 0.832. The van der Waals surface area contributed by atoms with Gasteiger partial charge in [-0.15, -0.1) is 0 Å². The summed E-state index contributed by atoms with van der Waals surface area (Å²) < 4.78 is 26.2. The van der Waals surface area contributed by atoms with Crippen LogP contribution < -0.4 is 5.32 Å². The summed E-state index contributed by atoms with van der Waals surface area (Å²) in [6, 6.07) is 4.90. The Bertz CT molecular complexity index is 540. The van der Waals surface area contributed by atoms with E-state index in [1.807, 2.05) is 16.8 Å². The number of halogens is 2. The van der Waals surface area contributed by atoms with Gasteiger partial charge in [0.2, 0.25) is 5.91 Å². The Morgan fingerprint density at radius 2 is 2.11 bits per heavy atom. The van der Waals surface area contributed by atoms with Crippen LogP contribution in [0.25, 0.3) is 0 Å². The molecule has 1 aromatic carbocycles. The van der Waals surface area contributed by atoms with Gasteiger partial charge in [-0.05, 0) is 40.9 Å². The van der Waals surface area contributed by atoms with Crippen molar-refractivity contribution in [2.45, 2.75) is 12.8 Å². The summed E-state index contributed by atoms with van der Waals surface area (Å²) in [5.41, 5.74) is 0.945. The van der Waals surface area contributed by atoms with Gasteiger partial charge in [0.15, 0.2) is 0 Å². The molecule has 1 N–H and O–H groups in total. The molecule has 0 aliphatic rings.